The van der Waals surface area contributed by atoms with Crippen LogP contribution in [0.25, 0.3) is 11.3 Å². The number of halogens is 2. The van der Waals surface area contributed by atoms with Crippen LogP contribution in [-0.4, -0.2) is 11.5 Å². The van der Waals surface area contributed by atoms with Crippen LogP contribution in [0.15, 0.2) is 28.8 Å². The second kappa shape index (κ2) is 6.42. The van der Waals surface area contributed by atoms with Crippen LogP contribution in [0, 0.1) is 0 Å². The van der Waals surface area contributed by atoms with Gasteiger partial charge in [-0.3, -0.25) is 0 Å². The topological polar surface area (TPSA) is 38.1 Å². The van der Waals surface area contributed by atoms with Gasteiger partial charge in [-0.25, -0.2) is 4.98 Å². The van der Waals surface area contributed by atoms with Gasteiger partial charge in [0.2, 0.25) is 5.89 Å². The van der Waals surface area contributed by atoms with Crippen molar-refractivity contribution in [2.45, 2.75) is 26.3 Å². The van der Waals surface area contributed by atoms with E-state index in [1.54, 1.807) is 18.3 Å². The molecule has 1 aromatic carbocycles. The number of hydrogen-bond acceptors (Lipinski definition) is 3. The molecule has 2 rings (SSSR count). The van der Waals surface area contributed by atoms with E-state index in [9.17, 15) is 0 Å². The summed E-state index contributed by atoms with van der Waals surface area (Å²) in [5.41, 5.74) is 0.871. The van der Waals surface area contributed by atoms with Gasteiger partial charge in [-0.2, -0.15) is 0 Å². The average molecular weight is 299 g/mol. The molecule has 0 spiro atoms. The highest BCUT2D eigenvalue weighted by Crippen LogP contribution is 2.29. The molecule has 0 aliphatic heterocycles. The smallest absolute Gasteiger partial charge is 0.211 e. The molecule has 0 amide bonds. The number of benzene rings is 1. The van der Waals surface area contributed by atoms with E-state index in [-0.39, 0.29) is 6.04 Å². The summed E-state index contributed by atoms with van der Waals surface area (Å²) in [4.78, 5) is 4.29. The standard InChI is InChI=1S/C14H16Cl2N2O/c1-3-6-17-9(2)14-18-8-13(19-14)10-4-5-11(15)12(16)7-10/h4-5,7-9,17H,3,6H2,1-2H3. The molecule has 1 atom stereocenters. The molecule has 0 saturated heterocycles. The predicted octanol–water partition coefficient (Wildman–Crippen LogP) is 4.71. The maximum atomic E-state index is 6.00. The molecule has 0 aliphatic rings. The lowest BCUT2D eigenvalue weighted by atomic mass is 10.2. The summed E-state index contributed by atoms with van der Waals surface area (Å²) in [6.45, 7) is 5.09. The van der Waals surface area contributed by atoms with E-state index in [4.69, 9.17) is 27.6 Å². The Balaban J connectivity index is 2.18. The van der Waals surface area contributed by atoms with Crippen molar-refractivity contribution in [3.05, 3.63) is 40.3 Å². The molecule has 0 radical (unpaired) electrons. The number of nitrogens with zero attached hydrogens (tertiary/aromatic N) is 1. The van der Waals surface area contributed by atoms with Crippen LogP contribution in [0.2, 0.25) is 10.0 Å². The lowest BCUT2D eigenvalue weighted by molar-refractivity contribution is 0.423. The van der Waals surface area contributed by atoms with Crippen LogP contribution in [-0.2, 0) is 0 Å². The molecule has 0 aliphatic carbocycles. The Morgan fingerprint density at radius 3 is 2.79 bits per heavy atom. The van der Waals surface area contributed by atoms with Crippen molar-refractivity contribution in [3.63, 3.8) is 0 Å². The van der Waals surface area contributed by atoms with Crippen molar-refractivity contribution in [1.82, 2.24) is 10.3 Å². The third kappa shape index (κ3) is 3.50. The molecule has 1 heterocycles. The maximum absolute atomic E-state index is 6.00. The minimum absolute atomic E-state index is 0.0940. The van der Waals surface area contributed by atoms with E-state index in [1.807, 2.05) is 13.0 Å². The van der Waals surface area contributed by atoms with Crippen LogP contribution in [0.3, 0.4) is 0 Å². The van der Waals surface area contributed by atoms with Gasteiger partial charge >= 0.3 is 0 Å². The zero-order valence-corrected chi connectivity index (χ0v) is 12.4. The van der Waals surface area contributed by atoms with Gasteiger partial charge in [-0.1, -0.05) is 30.1 Å². The molecule has 3 nitrogen and oxygen atoms in total. The first-order chi connectivity index (χ1) is 9.11. The molecule has 1 N–H and O–H groups in total. The maximum Gasteiger partial charge on any atom is 0.211 e. The van der Waals surface area contributed by atoms with Gasteiger partial charge in [0.15, 0.2) is 5.76 Å². The van der Waals surface area contributed by atoms with Crippen molar-refractivity contribution in [1.29, 1.82) is 0 Å². The van der Waals surface area contributed by atoms with Crippen LogP contribution < -0.4 is 5.32 Å². The van der Waals surface area contributed by atoms with E-state index in [2.05, 4.69) is 17.2 Å². The van der Waals surface area contributed by atoms with E-state index < -0.39 is 0 Å². The molecule has 19 heavy (non-hydrogen) atoms. The highest BCUT2D eigenvalue weighted by atomic mass is 35.5. The Labute approximate surface area is 122 Å². The first kappa shape index (κ1) is 14.4. The fourth-order valence-corrected chi connectivity index (χ4v) is 2.02. The summed E-state index contributed by atoms with van der Waals surface area (Å²) in [7, 11) is 0. The third-order valence-corrected chi connectivity index (χ3v) is 3.54. The summed E-state index contributed by atoms with van der Waals surface area (Å²) < 4.78 is 5.75. The summed E-state index contributed by atoms with van der Waals surface area (Å²) in [5, 5.41) is 4.37. The summed E-state index contributed by atoms with van der Waals surface area (Å²) in [6, 6.07) is 5.48. The van der Waals surface area contributed by atoms with E-state index in [1.165, 1.54) is 0 Å². The fourth-order valence-electron chi connectivity index (χ4n) is 1.72. The van der Waals surface area contributed by atoms with Crippen LogP contribution in [0.4, 0.5) is 0 Å². The van der Waals surface area contributed by atoms with Gasteiger partial charge < -0.3 is 9.73 Å². The number of aromatic nitrogens is 1. The van der Waals surface area contributed by atoms with E-state index in [0.717, 1.165) is 18.5 Å². The predicted molar refractivity (Wildman–Crippen MR) is 78.7 cm³/mol. The second-order valence-corrected chi connectivity index (χ2v) is 5.18. The number of oxazole rings is 1. The first-order valence-electron chi connectivity index (χ1n) is 6.26. The monoisotopic (exact) mass is 298 g/mol. The highest BCUT2D eigenvalue weighted by Gasteiger charge is 2.13. The molecule has 0 saturated carbocycles. The lowest BCUT2D eigenvalue weighted by Gasteiger charge is -2.08. The molecule has 0 fully saturated rings. The third-order valence-electron chi connectivity index (χ3n) is 2.80. The Morgan fingerprint density at radius 1 is 1.32 bits per heavy atom. The minimum Gasteiger partial charge on any atom is -0.439 e. The van der Waals surface area contributed by atoms with Crippen molar-refractivity contribution >= 4 is 23.2 Å². The Kier molecular flexibility index (Phi) is 4.86. The average Bonchev–Trinajstić information content (AvgIpc) is 2.89. The van der Waals surface area contributed by atoms with Crippen molar-refractivity contribution < 1.29 is 4.42 Å². The second-order valence-electron chi connectivity index (χ2n) is 4.37. The largest absolute Gasteiger partial charge is 0.439 e. The molecule has 2 aromatic rings. The van der Waals surface area contributed by atoms with Crippen LogP contribution in [0.1, 0.15) is 32.2 Å². The molecule has 1 aromatic heterocycles. The van der Waals surface area contributed by atoms with Gasteiger partial charge in [-0.05, 0) is 38.1 Å². The van der Waals surface area contributed by atoms with Gasteiger partial charge in [0.05, 0.1) is 22.3 Å². The molecule has 5 heteroatoms. The van der Waals surface area contributed by atoms with Gasteiger partial charge in [0.25, 0.3) is 0 Å². The molecule has 1 unspecified atom stereocenters. The molecular formula is C14H16Cl2N2O. The summed E-state index contributed by atoms with van der Waals surface area (Å²) in [5.74, 6) is 1.37. The van der Waals surface area contributed by atoms with Gasteiger partial charge in [0, 0.05) is 5.56 Å². The Bertz CT molecular complexity index is 554. The highest BCUT2D eigenvalue weighted by molar-refractivity contribution is 6.42. The van der Waals surface area contributed by atoms with Crippen molar-refractivity contribution in [2.75, 3.05) is 6.54 Å². The quantitative estimate of drug-likeness (QED) is 0.869. The number of nitrogens with one attached hydrogen (secondary N) is 1. The lowest BCUT2D eigenvalue weighted by Crippen LogP contribution is -2.19. The molecule has 102 valence electrons. The zero-order chi connectivity index (χ0) is 13.8. The van der Waals surface area contributed by atoms with E-state index in [0.29, 0.717) is 21.7 Å². The Morgan fingerprint density at radius 2 is 2.11 bits per heavy atom. The number of rotatable bonds is 5. The fraction of sp³-hybridized carbons (Fsp3) is 0.357. The van der Waals surface area contributed by atoms with Crippen LogP contribution in [0.5, 0.6) is 0 Å². The van der Waals surface area contributed by atoms with Crippen LogP contribution >= 0.6 is 23.2 Å². The van der Waals surface area contributed by atoms with Gasteiger partial charge in [0.1, 0.15) is 0 Å². The summed E-state index contributed by atoms with van der Waals surface area (Å²) in [6.07, 6.45) is 2.78. The van der Waals surface area contributed by atoms with Crippen molar-refractivity contribution in [3.8, 4) is 11.3 Å². The molecule has 0 bridgehead atoms. The summed E-state index contributed by atoms with van der Waals surface area (Å²) >= 11 is 11.9. The minimum atomic E-state index is 0.0940. The van der Waals surface area contributed by atoms with Crippen molar-refractivity contribution in [2.24, 2.45) is 0 Å². The van der Waals surface area contributed by atoms with Gasteiger partial charge in [-0.15, -0.1) is 0 Å². The Hall–Kier alpha value is -1.03. The first-order valence-corrected chi connectivity index (χ1v) is 7.02. The normalized spacial score (nSPS) is 12.6. The molecular weight excluding hydrogens is 283 g/mol. The zero-order valence-electron chi connectivity index (χ0n) is 10.9. The number of hydrogen-bond donors (Lipinski definition) is 1. The SMILES string of the molecule is CCCNC(C)c1ncc(-c2ccc(Cl)c(Cl)c2)o1. The van der Waals surface area contributed by atoms with E-state index >= 15 is 0 Å².